The van der Waals surface area contributed by atoms with E-state index in [4.69, 9.17) is 16.9 Å². The van der Waals surface area contributed by atoms with E-state index in [9.17, 15) is 0 Å². The number of nitrogens with zero attached hydrogens (tertiary/aromatic N) is 1. The third-order valence-corrected chi connectivity index (χ3v) is 2.70. The average molecular weight is 228 g/mol. The monoisotopic (exact) mass is 227 g/mol. The van der Waals surface area contributed by atoms with E-state index in [1.807, 2.05) is 37.3 Å². The molecule has 0 spiro atoms. The SMILES string of the molecule is Cc1ccc(-c2ccc(Cl)cc2C#N)cc1. The molecule has 2 heteroatoms. The molecule has 0 radical (unpaired) electrons. The maximum atomic E-state index is 9.05. The van der Waals surface area contributed by atoms with Crippen LogP contribution in [0.2, 0.25) is 5.02 Å². The van der Waals surface area contributed by atoms with Crippen molar-refractivity contribution in [3.05, 3.63) is 58.6 Å². The van der Waals surface area contributed by atoms with Crippen LogP contribution in [-0.2, 0) is 0 Å². The molecule has 0 amide bonds. The molecule has 0 unspecified atom stereocenters. The molecule has 16 heavy (non-hydrogen) atoms. The molecule has 78 valence electrons. The van der Waals surface area contributed by atoms with Crippen molar-refractivity contribution in [1.82, 2.24) is 0 Å². The highest BCUT2D eigenvalue weighted by molar-refractivity contribution is 6.30. The molecule has 2 aromatic carbocycles. The fraction of sp³-hybridized carbons (Fsp3) is 0.0714. The van der Waals surface area contributed by atoms with E-state index in [1.165, 1.54) is 5.56 Å². The molecule has 0 atom stereocenters. The third-order valence-electron chi connectivity index (χ3n) is 2.46. The molecule has 0 N–H and O–H groups in total. The lowest BCUT2D eigenvalue weighted by molar-refractivity contribution is 1.45. The van der Waals surface area contributed by atoms with Crippen LogP contribution >= 0.6 is 11.6 Å². The Morgan fingerprint density at radius 2 is 1.75 bits per heavy atom. The largest absolute Gasteiger partial charge is 0.192 e. The van der Waals surface area contributed by atoms with Crippen molar-refractivity contribution in [3.8, 4) is 17.2 Å². The topological polar surface area (TPSA) is 23.8 Å². The van der Waals surface area contributed by atoms with Crippen LogP contribution in [0.15, 0.2) is 42.5 Å². The number of rotatable bonds is 1. The van der Waals surface area contributed by atoms with Crippen molar-refractivity contribution in [2.75, 3.05) is 0 Å². The fourth-order valence-corrected chi connectivity index (χ4v) is 1.77. The highest BCUT2D eigenvalue weighted by Gasteiger charge is 2.04. The van der Waals surface area contributed by atoms with Crippen LogP contribution in [0.3, 0.4) is 0 Å². The quantitative estimate of drug-likeness (QED) is 0.717. The van der Waals surface area contributed by atoms with E-state index >= 15 is 0 Å². The van der Waals surface area contributed by atoms with Gasteiger partial charge in [-0.05, 0) is 30.2 Å². The van der Waals surface area contributed by atoms with Gasteiger partial charge in [0.25, 0.3) is 0 Å². The number of hydrogen-bond acceptors (Lipinski definition) is 1. The summed E-state index contributed by atoms with van der Waals surface area (Å²) in [5.74, 6) is 0. The van der Waals surface area contributed by atoms with Gasteiger partial charge in [-0.2, -0.15) is 5.26 Å². The van der Waals surface area contributed by atoms with Crippen molar-refractivity contribution in [2.45, 2.75) is 6.92 Å². The zero-order chi connectivity index (χ0) is 11.5. The van der Waals surface area contributed by atoms with E-state index in [2.05, 4.69) is 6.07 Å². The smallest absolute Gasteiger partial charge is 0.0998 e. The summed E-state index contributed by atoms with van der Waals surface area (Å²) in [7, 11) is 0. The van der Waals surface area contributed by atoms with E-state index < -0.39 is 0 Å². The Morgan fingerprint density at radius 1 is 1.06 bits per heavy atom. The second-order valence-corrected chi connectivity index (χ2v) is 4.10. The average Bonchev–Trinajstić information content (AvgIpc) is 2.30. The Morgan fingerprint density at radius 3 is 2.38 bits per heavy atom. The lowest BCUT2D eigenvalue weighted by Gasteiger charge is -2.05. The van der Waals surface area contributed by atoms with Crippen LogP contribution in [0.4, 0.5) is 0 Å². The van der Waals surface area contributed by atoms with Gasteiger partial charge in [-0.1, -0.05) is 47.5 Å². The molecule has 0 heterocycles. The first-order valence-electron chi connectivity index (χ1n) is 4.97. The molecule has 2 rings (SSSR count). The molecule has 0 aliphatic carbocycles. The third kappa shape index (κ3) is 2.08. The molecule has 0 fully saturated rings. The number of benzene rings is 2. The van der Waals surface area contributed by atoms with E-state index in [-0.39, 0.29) is 0 Å². The fourth-order valence-electron chi connectivity index (χ4n) is 1.59. The summed E-state index contributed by atoms with van der Waals surface area (Å²) >= 11 is 5.86. The van der Waals surface area contributed by atoms with E-state index in [0.29, 0.717) is 10.6 Å². The van der Waals surface area contributed by atoms with Crippen LogP contribution < -0.4 is 0 Å². The van der Waals surface area contributed by atoms with Crippen LogP contribution in [-0.4, -0.2) is 0 Å². The maximum Gasteiger partial charge on any atom is 0.0998 e. The number of halogens is 1. The van der Waals surface area contributed by atoms with Gasteiger partial charge in [0.05, 0.1) is 11.6 Å². The first-order valence-corrected chi connectivity index (χ1v) is 5.35. The van der Waals surface area contributed by atoms with Gasteiger partial charge in [0.2, 0.25) is 0 Å². The molecular weight excluding hydrogens is 218 g/mol. The van der Waals surface area contributed by atoms with Crippen molar-refractivity contribution in [2.24, 2.45) is 0 Å². The molecule has 1 nitrogen and oxygen atoms in total. The van der Waals surface area contributed by atoms with Crippen LogP contribution in [0.25, 0.3) is 11.1 Å². The van der Waals surface area contributed by atoms with Crippen LogP contribution in [0.1, 0.15) is 11.1 Å². The first-order chi connectivity index (χ1) is 7.70. The lowest BCUT2D eigenvalue weighted by Crippen LogP contribution is -1.84. The minimum absolute atomic E-state index is 0.590. The summed E-state index contributed by atoms with van der Waals surface area (Å²) in [6.07, 6.45) is 0. The highest BCUT2D eigenvalue weighted by atomic mass is 35.5. The Bertz CT molecular complexity index is 550. The Labute approximate surface area is 99.9 Å². The summed E-state index contributed by atoms with van der Waals surface area (Å²) in [5.41, 5.74) is 3.78. The second kappa shape index (κ2) is 4.38. The van der Waals surface area contributed by atoms with Crippen molar-refractivity contribution < 1.29 is 0 Å². The van der Waals surface area contributed by atoms with E-state index in [0.717, 1.165) is 11.1 Å². The van der Waals surface area contributed by atoms with Gasteiger partial charge in [-0.15, -0.1) is 0 Å². The van der Waals surface area contributed by atoms with Crippen molar-refractivity contribution in [3.63, 3.8) is 0 Å². The maximum absolute atomic E-state index is 9.05. The summed E-state index contributed by atoms with van der Waals surface area (Å²) < 4.78 is 0. The standard InChI is InChI=1S/C14H10ClN/c1-10-2-4-11(5-3-10)14-7-6-13(15)8-12(14)9-16/h2-8H,1H3. The van der Waals surface area contributed by atoms with Gasteiger partial charge in [-0.25, -0.2) is 0 Å². The zero-order valence-corrected chi connectivity index (χ0v) is 9.62. The van der Waals surface area contributed by atoms with Gasteiger partial charge in [0.15, 0.2) is 0 Å². The Balaban J connectivity index is 2.56. The summed E-state index contributed by atoms with van der Waals surface area (Å²) in [4.78, 5) is 0. The van der Waals surface area contributed by atoms with Crippen molar-refractivity contribution >= 4 is 11.6 Å². The predicted molar refractivity (Wildman–Crippen MR) is 66.3 cm³/mol. The van der Waals surface area contributed by atoms with Gasteiger partial charge in [0, 0.05) is 5.02 Å². The molecule has 0 saturated carbocycles. The minimum atomic E-state index is 0.590. The van der Waals surface area contributed by atoms with Gasteiger partial charge in [0.1, 0.15) is 0 Å². The molecule has 2 aromatic rings. The molecule has 0 saturated heterocycles. The first kappa shape index (κ1) is 10.7. The summed E-state index contributed by atoms with van der Waals surface area (Å²) in [5, 5.41) is 9.64. The molecule has 0 aliphatic rings. The second-order valence-electron chi connectivity index (χ2n) is 3.67. The van der Waals surface area contributed by atoms with E-state index in [1.54, 1.807) is 12.1 Å². The minimum Gasteiger partial charge on any atom is -0.192 e. The lowest BCUT2D eigenvalue weighted by atomic mass is 10.00. The number of hydrogen-bond donors (Lipinski definition) is 0. The number of aryl methyl sites for hydroxylation is 1. The van der Waals surface area contributed by atoms with Crippen LogP contribution in [0, 0.1) is 18.3 Å². The normalized spacial score (nSPS) is 9.81. The molecule has 0 bridgehead atoms. The Hall–Kier alpha value is -1.78. The zero-order valence-electron chi connectivity index (χ0n) is 8.87. The number of nitriles is 1. The van der Waals surface area contributed by atoms with Gasteiger partial charge in [-0.3, -0.25) is 0 Å². The summed E-state index contributed by atoms with van der Waals surface area (Å²) in [6, 6.07) is 15.6. The van der Waals surface area contributed by atoms with Crippen LogP contribution in [0.5, 0.6) is 0 Å². The predicted octanol–water partition coefficient (Wildman–Crippen LogP) is 4.19. The highest BCUT2D eigenvalue weighted by Crippen LogP contribution is 2.26. The molecule has 0 aromatic heterocycles. The summed E-state index contributed by atoms with van der Waals surface area (Å²) in [6.45, 7) is 2.04. The van der Waals surface area contributed by atoms with Gasteiger partial charge < -0.3 is 0 Å². The van der Waals surface area contributed by atoms with Crippen molar-refractivity contribution in [1.29, 1.82) is 5.26 Å². The molecular formula is C14H10ClN. The van der Waals surface area contributed by atoms with Gasteiger partial charge >= 0.3 is 0 Å². The Kier molecular flexibility index (Phi) is 2.94. The molecule has 0 aliphatic heterocycles.